The fourth-order valence-electron chi connectivity index (χ4n) is 1.60. The smallest absolute Gasteiger partial charge is 0.240 e. The van der Waals surface area contributed by atoms with E-state index in [1.54, 1.807) is 10.9 Å². The Kier molecular flexibility index (Phi) is 4.08. The van der Waals surface area contributed by atoms with E-state index in [1.165, 1.54) is 12.1 Å². The van der Waals surface area contributed by atoms with Crippen LogP contribution < -0.4 is 0 Å². The Bertz CT molecular complexity index is 630. The van der Waals surface area contributed by atoms with E-state index in [9.17, 15) is 13.2 Å². The molecule has 20 heavy (non-hydrogen) atoms. The molecule has 1 heterocycles. The lowest BCUT2D eigenvalue weighted by Crippen LogP contribution is -2.03. The minimum Gasteiger partial charge on any atom is -0.240 e. The van der Waals surface area contributed by atoms with Crippen molar-refractivity contribution >= 4 is 0 Å². The number of hydrogen-bond donors (Lipinski definition) is 0. The molecule has 1 aromatic heterocycles. The average Bonchev–Trinajstić information content (AvgIpc) is 2.87. The number of benzene rings is 1. The summed E-state index contributed by atoms with van der Waals surface area (Å²) in [4.78, 5) is 0. The molecule has 0 fully saturated rings. The van der Waals surface area contributed by atoms with Crippen LogP contribution in [0.4, 0.5) is 13.2 Å². The third-order valence-corrected chi connectivity index (χ3v) is 2.59. The van der Waals surface area contributed by atoms with Crippen LogP contribution in [0.1, 0.15) is 18.9 Å². The van der Waals surface area contributed by atoms with Gasteiger partial charge in [0.2, 0.25) is 0 Å². The quantitative estimate of drug-likeness (QED) is 0.789. The van der Waals surface area contributed by atoms with Crippen LogP contribution in [0.15, 0.2) is 30.5 Å². The third-order valence-electron chi connectivity index (χ3n) is 2.59. The van der Waals surface area contributed by atoms with Crippen molar-refractivity contribution in [1.82, 2.24) is 15.0 Å². The van der Waals surface area contributed by atoms with Crippen molar-refractivity contribution < 1.29 is 13.2 Å². The Labute approximate surface area is 114 Å². The molecule has 0 atom stereocenters. The van der Waals surface area contributed by atoms with E-state index in [0.717, 1.165) is 18.6 Å². The Morgan fingerprint density at radius 2 is 1.85 bits per heavy atom. The number of aromatic nitrogens is 3. The molecule has 0 amide bonds. The maximum atomic E-state index is 12.5. The van der Waals surface area contributed by atoms with Gasteiger partial charge in [-0.15, -0.1) is 11.0 Å². The molecule has 0 saturated heterocycles. The summed E-state index contributed by atoms with van der Waals surface area (Å²) in [6.45, 7) is 2.36. The summed E-state index contributed by atoms with van der Waals surface area (Å²) in [7, 11) is 0. The second-order valence-corrected chi connectivity index (χ2v) is 4.08. The first-order valence-corrected chi connectivity index (χ1v) is 6.04. The van der Waals surface area contributed by atoms with Gasteiger partial charge in [-0.2, -0.15) is 13.2 Å². The number of nitrogens with zero attached hydrogens (tertiary/aromatic N) is 3. The minimum atomic E-state index is -4.33. The normalized spacial score (nSPS) is 11.0. The van der Waals surface area contributed by atoms with Crippen molar-refractivity contribution in [2.45, 2.75) is 26.1 Å². The van der Waals surface area contributed by atoms with Crippen molar-refractivity contribution in [2.24, 2.45) is 0 Å². The first kappa shape index (κ1) is 14.1. The van der Waals surface area contributed by atoms with Crippen LogP contribution >= 0.6 is 0 Å². The number of halogens is 3. The monoisotopic (exact) mass is 279 g/mol. The third kappa shape index (κ3) is 3.38. The predicted octanol–water partition coefficient (Wildman–Crippen LogP) is 3.38. The van der Waals surface area contributed by atoms with Gasteiger partial charge in [-0.3, -0.25) is 0 Å². The number of rotatable bonds is 2. The fourth-order valence-corrected chi connectivity index (χ4v) is 1.60. The molecule has 6 heteroatoms. The largest absolute Gasteiger partial charge is 0.416 e. The Morgan fingerprint density at radius 1 is 1.15 bits per heavy atom. The molecular weight excluding hydrogens is 267 g/mol. The van der Waals surface area contributed by atoms with E-state index in [2.05, 4.69) is 22.2 Å². The summed E-state index contributed by atoms with van der Waals surface area (Å²) >= 11 is 0. The zero-order valence-corrected chi connectivity index (χ0v) is 10.8. The molecule has 2 aromatic rings. The van der Waals surface area contributed by atoms with E-state index in [4.69, 9.17) is 0 Å². The molecule has 2 rings (SSSR count). The van der Waals surface area contributed by atoms with Crippen LogP contribution in [0.3, 0.4) is 0 Å². The van der Waals surface area contributed by atoms with E-state index < -0.39 is 11.7 Å². The highest BCUT2D eigenvalue weighted by molar-refractivity contribution is 5.58. The van der Waals surface area contributed by atoms with Gasteiger partial charge in [0.25, 0.3) is 0 Å². The molecule has 0 aliphatic rings. The van der Waals surface area contributed by atoms with Gasteiger partial charge < -0.3 is 0 Å². The van der Waals surface area contributed by atoms with Crippen molar-refractivity contribution in [3.05, 3.63) is 36.0 Å². The topological polar surface area (TPSA) is 30.7 Å². The van der Waals surface area contributed by atoms with Crippen molar-refractivity contribution in [3.63, 3.8) is 0 Å². The van der Waals surface area contributed by atoms with Crippen LogP contribution in [0, 0.1) is 11.8 Å². The van der Waals surface area contributed by atoms with Gasteiger partial charge in [0.05, 0.1) is 11.8 Å². The highest BCUT2D eigenvalue weighted by atomic mass is 19.4. The molecule has 0 saturated carbocycles. The highest BCUT2D eigenvalue weighted by Crippen LogP contribution is 2.30. The lowest BCUT2D eigenvalue weighted by molar-refractivity contribution is -0.137. The maximum absolute atomic E-state index is 12.5. The SMILES string of the molecule is CCC#CCn1cc(-c2ccc(C(F)(F)F)cc2)nn1. The van der Waals surface area contributed by atoms with Gasteiger partial charge in [0.15, 0.2) is 0 Å². The molecule has 0 aliphatic heterocycles. The molecule has 104 valence electrons. The standard InChI is InChI=1S/C14H12F3N3/c1-2-3-4-9-20-10-13(18-19-20)11-5-7-12(8-6-11)14(15,16)17/h5-8,10H,2,9H2,1H3. The van der Waals surface area contributed by atoms with E-state index >= 15 is 0 Å². The van der Waals surface area contributed by atoms with Crippen LogP contribution in [0.25, 0.3) is 11.3 Å². The second kappa shape index (κ2) is 5.78. The van der Waals surface area contributed by atoms with Crippen molar-refractivity contribution in [1.29, 1.82) is 0 Å². The zero-order valence-electron chi connectivity index (χ0n) is 10.8. The fraction of sp³-hybridized carbons (Fsp3) is 0.286. The van der Waals surface area contributed by atoms with E-state index in [1.807, 2.05) is 6.92 Å². The summed E-state index contributed by atoms with van der Waals surface area (Å²) < 4.78 is 38.9. The molecular formula is C14H12F3N3. The molecule has 0 radical (unpaired) electrons. The van der Waals surface area contributed by atoms with Crippen LogP contribution in [0.5, 0.6) is 0 Å². The minimum absolute atomic E-state index is 0.418. The van der Waals surface area contributed by atoms with Gasteiger partial charge >= 0.3 is 6.18 Å². The summed E-state index contributed by atoms with van der Waals surface area (Å²) in [5, 5.41) is 7.80. The van der Waals surface area contributed by atoms with Gasteiger partial charge in [-0.25, -0.2) is 4.68 Å². The molecule has 3 nitrogen and oxygen atoms in total. The highest BCUT2D eigenvalue weighted by Gasteiger charge is 2.30. The zero-order chi connectivity index (χ0) is 14.6. The number of hydrogen-bond acceptors (Lipinski definition) is 2. The van der Waals surface area contributed by atoms with Gasteiger partial charge in [-0.1, -0.05) is 30.2 Å². The van der Waals surface area contributed by atoms with Gasteiger partial charge in [-0.05, 0) is 12.1 Å². The molecule has 0 unspecified atom stereocenters. The van der Waals surface area contributed by atoms with Crippen molar-refractivity contribution in [3.8, 4) is 23.1 Å². The molecule has 0 bridgehead atoms. The molecule has 1 aromatic carbocycles. The summed E-state index contributed by atoms with van der Waals surface area (Å²) in [5.74, 6) is 5.81. The lowest BCUT2D eigenvalue weighted by atomic mass is 10.1. The molecule has 0 aliphatic carbocycles. The van der Waals surface area contributed by atoms with Crippen molar-refractivity contribution in [2.75, 3.05) is 0 Å². The summed E-state index contributed by atoms with van der Waals surface area (Å²) in [6, 6.07) is 4.83. The first-order valence-electron chi connectivity index (χ1n) is 6.04. The predicted molar refractivity (Wildman–Crippen MR) is 68.5 cm³/mol. The van der Waals surface area contributed by atoms with Crippen LogP contribution in [0.2, 0.25) is 0 Å². The molecule has 0 N–H and O–H groups in total. The Morgan fingerprint density at radius 3 is 2.45 bits per heavy atom. The van der Waals surface area contributed by atoms with Gasteiger partial charge in [0.1, 0.15) is 12.2 Å². The molecule has 0 spiro atoms. The van der Waals surface area contributed by atoms with Gasteiger partial charge in [0, 0.05) is 12.0 Å². The van der Waals surface area contributed by atoms with E-state index in [0.29, 0.717) is 17.8 Å². The van der Waals surface area contributed by atoms with E-state index in [-0.39, 0.29) is 0 Å². The Hall–Kier alpha value is -2.29. The summed E-state index contributed by atoms with van der Waals surface area (Å²) in [5.41, 5.74) is 0.437. The van der Waals surface area contributed by atoms with Crippen LogP contribution in [-0.2, 0) is 12.7 Å². The lowest BCUT2D eigenvalue weighted by Gasteiger charge is -2.06. The maximum Gasteiger partial charge on any atom is 0.416 e. The first-order chi connectivity index (χ1) is 9.50. The number of alkyl halides is 3. The average molecular weight is 279 g/mol. The van der Waals surface area contributed by atoms with Crippen LogP contribution in [-0.4, -0.2) is 15.0 Å². The summed E-state index contributed by atoms with van der Waals surface area (Å²) in [6.07, 6.45) is -1.90. The second-order valence-electron chi connectivity index (χ2n) is 4.08. The Balaban J connectivity index is 2.16.